The van der Waals surface area contributed by atoms with E-state index in [-0.39, 0.29) is 6.09 Å². The number of carbonyl (C=O) groups excluding carboxylic acids is 1. The highest BCUT2D eigenvalue weighted by Gasteiger charge is 2.35. The number of carbonyl (C=O) groups is 1. The number of amides is 1. The SMILES string of the molecule is CCOC(=O)N1CCN(C2CC2)c2ccccc21. The maximum atomic E-state index is 11.9. The van der Waals surface area contributed by atoms with Gasteiger partial charge in [0.15, 0.2) is 0 Å². The Labute approximate surface area is 107 Å². The summed E-state index contributed by atoms with van der Waals surface area (Å²) in [6, 6.07) is 8.78. The van der Waals surface area contributed by atoms with Crippen molar-refractivity contribution in [2.75, 3.05) is 29.5 Å². The molecule has 1 aliphatic carbocycles. The molecule has 96 valence electrons. The summed E-state index contributed by atoms with van der Waals surface area (Å²) in [4.78, 5) is 16.1. The van der Waals surface area contributed by atoms with Crippen molar-refractivity contribution in [1.29, 1.82) is 0 Å². The number of para-hydroxylation sites is 2. The van der Waals surface area contributed by atoms with E-state index in [4.69, 9.17) is 4.74 Å². The molecule has 1 amide bonds. The van der Waals surface area contributed by atoms with E-state index in [2.05, 4.69) is 11.0 Å². The molecule has 0 saturated heterocycles. The normalized spacial score (nSPS) is 18.5. The monoisotopic (exact) mass is 246 g/mol. The van der Waals surface area contributed by atoms with Crippen molar-refractivity contribution in [3.8, 4) is 0 Å². The lowest BCUT2D eigenvalue weighted by molar-refractivity contribution is 0.159. The number of benzene rings is 1. The van der Waals surface area contributed by atoms with Crippen LogP contribution in [-0.4, -0.2) is 31.8 Å². The predicted octanol–water partition coefficient (Wildman–Crippen LogP) is 2.63. The lowest BCUT2D eigenvalue weighted by Crippen LogP contribution is -2.45. The number of hydrogen-bond acceptors (Lipinski definition) is 3. The Kier molecular flexibility index (Phi) is 2.86. The molecule has 0 radical (unpaired) electrons. The fourth-order valence-electron chi connectivity index (χ4n) is 2.54. The van der Waals surface area contributed by atoms with Crippen molar-refractivity contribution in [1.82, 2.24) is 0 Å². The standard InChI is InChI=1S/C14H18N2O2/c1-2-18-14(17)16-10-9-15(11-7-8-11)12-5-3-4-6-13(12)16/h3-6,11H,2,7-10H2,1H3. The highest BCUT2D eigenvalue weighted by atomic mass is 16.6. The van der Waals surface area contributed by atoms with Crippen molar-refractivity contribution in [3.63, 3.8) is 0 Å². The molecule has 0 unspecified atom stereocenters. The summed E-state index contributed by atoms with van der Waals surface area (Å²) in [6.45, 7) is 3.88. The third kappa shape index (κ3) is 1.92. The van der Waals surface area contributed by atoms with Crippen molar-refractivity contribution >= 4 is 17.5 Å². The van der Waals surface area contributed by atoms with Gasteiger partial charge in [-0.05, 0) is 31.9 Å². The lowest BCUT2D eigenvalue weighted by Gasteiger charge is -2.37. The Bertz CT molecular complexity index is 457. The number of nitrogens with zero attached hydrogens (tertiary/aromatic N) is 2. The summed E-state index contributed by atoms with van der Waals surface area (Å²) in [6.07, 6.45) is 2.31. The fraction of sp³-hybridized carbons (Fsp3) is 0.500. The highest BCUT2D eigenvalue weighted by molar-refractivity contribution is 5.93. The van der Waals surface area contributed by atoms with Gasteiger partial charge in [-0.1, -0.05) is 12.1 Å². The quantitative estimate of drug-likeness (QED) is 0.804. The molecule has 1 aromatic carbocycles. The smallest absolute Gasteiger partial charge is 0.414 e. The van der Waals surface area contributed by atoms with Crippen LogP contribution in [0.4, 0.5) is 16.2 Å². The Balaban J connectivity index is 1.91. The second kappa shape index (κ2) is 4.52. The summed E-state index contributed by atoms with van der Waals surface area (Å²) in [5, 5.41) is 0. The first-order valence-corrected chi connectivity index (χ1v) is 6.61. The molecule has 0 spiro atoms. The highest BCUT2D eigenvalue weighted by Crippen LogP contribution is 2.39. The van der Waals surface area contributed by atoms with E-state index in [1.807, 2.05) is 25.1 Å². The van der Waals surface area contributed by atoms with Crippen LogP contribution in [0.15, 0.2) is 24.3 Å². The molecule has 0 bridgehead atoms. The molecule has 4 heteroatoms. The molecule has 4 nitrogen and oxygen atoms in total. The van der Waals surface area contributed by atoms with Gasteiger partial charge in [-0.3, -0.25) is 4.90 Å². The van der Waals surface area contributed by atoms with E-state index in [0.717, 1.165) is 12.2 Å². The van der Waals surface area contributed by atoms with Crippen molar-refractivity contribution in [2.45, 2.75) is 25.8 Å². The van der Waals surface area contributed by atoms with Gasteiger partial charge >= 0.3 is 6.09 Å². The largest absolute Gasteiger partial charge is 0.449 e. The summed E-state index contributed by atoms with van der Waals surface area (Å²) >= 11 is 0. The number of fused-ring (bicyclic) bond motifs is 1. The van der Waals surface area contributed by atoms with Gasteiger partial charge in [-0.15, -0.1) is 0 Å². The maximum absolute atomic E-state index is 11.9. The first kappa shape index (κ1) is 11.4. The Hall–Kier alpha value is -1.71. The second-order valence-electron chi connectivity index (χ2n) is 4.76. The minimum atomic E-state index is -0.236. The maximum Gasteiger partial charge on any atom is 0.414 e. The van der Waals surface area contributed by atoms with Gasteiger partial charge in [0.2, 0.25) is 0 Å². The third-order valence-corrected chi connectivity index (χ3v) is 3.52. The van der Waals surface area contributed by atoms with Gasteiger partial charge in [0.25, 0.3) is 0 Å². The van der Waals surface area contributed by atoms with Crippen LogP contribution in [0.25, 0.3) is 0 Å². The molecule has 1 saturated carbocycles. The van der Waals surface area contributed by atoms with Crippen LogP contribution < -0.4 is 9.80 Å². The third-order valence-electron chi connectivity index (χ3n) is 3.52. The Morgan fingerprint density at radius 3 is 2.67 bits per heavy atom. The van der Waals surface area contributed by atoms with E-state index in [1.165, 1.54) is 18.5 Å². The molecule has 2 aliphatic rings. The van der Waals surface area contributed by atoms with Crippen LogP contribution in [0, 0.1) is 0 Å². The topological polar surface area (TPSA) is 32.8 Å². The molecular formula is C14H18N2O2. The molecule has 0 N–H and O–H groups in total. The van der Waals surface area contributed by atoms with Crippen LogP contribution in [-0.2, 0) is 4.74 Å². The van der Waals surface area contributed by atoms with Gasteiger partial charge in [0, 0.05) is 19.1 Å². The molecule has 1 aromatic rings. The average molecular weight is 246 g/mol. The molecule has 18 heavy (non-hydrogen) atoms. The van der Waals surface area contributed by atoms with Gasteiger partial charge in [0.1, 0.15) is 0 Å². The van der Waals surface area contributed by atoms with Crippen LogP contribution in [0.1, 0.15) is 19.8 Å². The summed E-state index contributed by atoms with van der Waals surface area (Å²) in [5.74, 6) is 0. The lowest BCUT2D eigenvalue weighted by atomic mass is 10.1. The Morgan fingerprint density at radius 1 is 1.28 bits per heavy atom. The number of rotatable bonds is 2. The fourth-order valence-corrected chi connectivity index (χ4v) is 2.54. The van der Waals surface area contributed by atoms with Crippen molar-refractivity contribution < 1.29 is 9.53 Å². The van der Waals surface area contributed by atoms with E-state index in [9.17, 15) is 4.79 Å². The van der Waals surface area contributed by atoms with E-state index in [0.29, 0.717) is 19.2 Å². The number of ether oxygens (including phenoxy) is 1. The van der Waals surface area contributed by atoms with Gasteiger partial charge < -0.3 is 9.64 Å². The van der Waals surface area contributed by atoms with Crippen molar-refractivity contribution in [2.24, 2.45) is 0 Å². The minimum absolute atomic E-state index is 0.236. The summed E-state index contributed by atoms with van der Waals surface area (Å²) in [5.41, 5.74) is 2.15. The summed E-state index contributed by atoms with van der Waals surface area (Å²) in [7, 11) is 0. The predicted molar refractivity (Wildman–Crippen MR) is 71.2 cm³/mol. The zero-order valence-corrected chi connectivity index (χ0v) is 10.6. The minimum Gasteiger partial charge on any atom is -0.449 e. The molecule has 3 rings (SSSR count). The number of hydrogen-bond donors (Lipinski definition) is 0. The average Bonchev–Trinajstić information content (AvgIpc) is 3.22. The zero-order valence-electron chi connectivity index (χ0n) is 10.6. The molecule has 0 aromatic heterocycles. The van der Waals surface area contributed by atoms with Crippen molar-refractivity contribution in [3.05, 3.63) is 24.3 Å². The second-order valence-corrected chi connectivity index (χ2v) is 4.76. The zero-order chi connectivity index (χ0) is 12.5. The molecule has 1 fully saturated rings. The van der Waals surface area contributed by atoms with Crippen LogP contribution in [0.2, 0.25) is 0 Å². The first-order valence-electron chi connectivity index (χ1n) is 6.61. The van der Waals surface area contributed by atoms with Crippen LogP contribution >= 0.6 is 0 Å². The molecule has 1 aliphatic heterocycles. The van der Waals surface area contributed by atoms with Crippen LogP contribution in [0.3, 0.4) is 0 Å². The van der Waals surface area contributed by atoms with Crippen LogP contribution in [0.5, 0.6) is 0 Å². The van der Waals surface area contributed by atoms with E-state index >= 15 is 0 Å². The Morgan fingerprint density at radius 2 is 2.00 bits per heavy atom. The van der Waals surface area contributed by atoms with Gasteiger partial charge in [-0.2, -0.15) is 0 Å². The summed E-state index contributed by atoms with van der Waals surface area (Å²) < 4.78 is 5.12. The first-order chi connectivity index (χ1) is 8.81. The van der Waals surface area contributed by atoms with E-state index < -0.39 is 0 Å². The molecule has 1 heterocycles. The number of anilines is 2. The molecule has 0 atom stereocenters. The van der Waals surface area contributed by atoms with E-state index in [1.54, 1.807) is 4.90 Å². The van der Waals surface area contributed by atoms with Gasteiger partial charge in [0.05, 0.1) is 18.0 Å². The molecular weight excluding hydrogens is 228 g/mol. The van der Waals surface area contributed by atoms with Gasteiger partial charge in [-0.25, -0.2) is 4.79 Å².